The summed E-state index contributed by atoms with van der Waals surface area (Å²) in [6.07, 6.45) is 1.70. The first-order valence-electron chi connectivity index (χ1n) is 6.92. The highest BCUT2D eigenvalue weighted by Crippen LogP contribution is 2.18. The number of aromatic nitrogens is 3. The van der Waals surface area contributed by atoms with E-state index in [1.54, 1.807) is 6.26 Å². The smallest absolute Gasteiger partial charge is 0.232 e. The third kappa shape index (κ3) is 3.62. The van der Waals surface area contributed by atoms with Gasteiger partial charge in [0.25, 0.3) is 0 Å². The quantitative estimate of drug-likeness (QED) is 0.871. The van der Waals surface area contributed by atoms with Crippen molar-refractivity contribution in [1.82, 2.24) is 15.0 Å². The van der Waals surface area contributed by atoms with Crippen molar-refractivity contribution in [3.05, 3.63) is 23.7 Å². The normalized spacial score (nSPS) is 10.5. The van der Waals surface area contributed by atoms with E-state index in [-0.39, 0.29) is 0 Å². The summed E-state index contributed by atoms with van der Waals surface area (Å²) >= 11 is 0. The molecule has 0 unspecified atom stereocenters. The van der Waals surface area contributed by atoms with Crippen LogP contribution in [0.4, 0.5) is 17.8 Å². The highest BCUT2D eigenvalue weighted by atomic mass is 16.3. The van der Waals surface area contributed by atoms with Gasteiger partial charge in [-0.15, -0.1) is 0 Å². The molecule has 0 aliphatic heterocycles. The molecule has 0 aliphatic carbocycles. The Balaban J connectivity index is 2.26. The highest BCUT2D eigenvalue weighted by molar-refractivity contribution is 5.44. The molecule has 0 bridgehead atoms. The number of rotatable bonds is 6. The minimum absolute atomic E-state index is 0.585. The molecule has 7 nitrogen and oxygen atoms in total. The van der Waals surface area contributed by atoms with Gasteiger partial charge < -0.3 is 19.5 Å². The van der Waals surface area contributed by atoms with Crippen LogP contribution in [0.3, 0.4) is 0 Å². The lowest BCUT2D eigenvalue weighted by molar-refractivity contribution is 0.529. The fourth-order valence-corrected chi connectivity index (χ4v) is 1.86. The largest absolute Gasteiger partial charge is 0.469 e. The molecule has 0 radical (unpaired) electrons. The Morgan fingerprint density at radius 3 is 2.43 bits per heavy atom. The number of hydrogen-bond acceptors (Lipinski definition) is 7. The van der Waals surface area contributed by atoms with E-state index in [1.165, 1.54) is 0 Å². The molecule has 0 aromatic carbocycles. The Morgan fingerprint density at radius 1 is 1.14 bits per heavy atom. The zero-order valence-electron chi connectivity index (χ0n) is 13.2. The lowest BCUT2D eigenvalue weighted by Gasteiger charge is -2.19. The predicted octanol–water partition coefficient (Wildman–Crippen LogP) is 1.91. The van der Waals surface area contributed by atoms with Crippen molar-refractivity contribution in [2.24, 2.45) is 0 Å². The molecular weight excluding hydrogens is 268 g/mol. The molecule has 0 saturated heterocycles. The number of aryl methyl sites for hydroxylation is 1. The van der Waals surface area contributed by atoms with Gasteiger partial charge in [-0.2, -0.15) is 15.0 Å². The second kappa shape index (κ2) is 6.43. The van der Waals surface area contributed by atoms with Crippen molar-refractivity contribution in [2.45, 2.75) is 20.4 Å². The second-order valence-electron chi connectivity index (χ2n) is 5.04. The van der Waals surface area contributed by atoms with Gasteiger partial charge in [0.2, 0.25) is 17.8 Å². The van der Waals surface area contributed by atoms with Crippen LogP contribution in [0.2, 0.25) is 0 Å². The summed E-state index contributed by atoms with van der Waals surface area (Å²) in [7, 11) is 5.78. The second-order valence-corrected chi connectivity index (χ2v) is 5.04. The highest BCUT2D eigenvalue weighted by Gasteiger charge is 2.13. The van der Waals surface area contributed by atoms with Gasteiger partial charge in [0.1, 0.15) is 5.76 Å². The molecule has 2 aromatic heterocycles. The van der Waals surface area contributed by atoms with Gasteiger partial charge in [-0.1, -0.05) is 0 Å². The SMILES string of the molecule is CCNc1nc(N(C)C)nc(N(C)Cc2ccoc2C)n1. The standard InChI is InChI=1S/C14H22N6O/c1-6-15-12-16-13(19(3)4)18-14(17-12)20(5)9-11-7-8-21-10(11)2/h7-8H,6,9H2,1-5H3,(H,15,16,17,18). The molecule has 2 heterocycles. The van der Waals surface area contributed by atoms with E-state index >= 15 is 0 Å². The van der Waals surface area contributed by atoms with E-state index in [1.807, 2.05) is 50.9 Å². The zero-order chi connectivity index (χ0) is 15.4. The van der Waals surface area contributed by atoms with E-state index in [0.717, 1.165) is 17.9 Å². The van der Waals surface area contributed by atoms with Gasteiger partial charge in [0.05, 0.1) is 6.26 Å². The van der Waals surface area contributed by atoms with Gasteiger partial charge in [0.15, 0.2) is 0 Å². The molecule has 21 heavy (non-hydrogen) atoms. The van der Waals surface area contributed by atoms with Crippen molar-refractivity contribution in [3.63, 3.8) is 0 Å². The van der Waals surface area contributed by atoms with Crippen LogP contribution in [0.25, 0.3) is 0 Å². The van der Waals surface area contributed by atoms with Crippen molar-refractivity contribution < 1.29 is 4.42 Å². The number of nitrogens with zero attached hydrogens (tertiary/aromatic N) is 5. The Labute approximate surface area is 125 Å². The molecule has 0 aliphatic rings. The van der Waals surface area contributed by atoms with Crippen molar-refractivity contribution in [2.75, 3.05) is 42.8 Å². The molecule has 1 N–H and O–H groups in total. The van der Waals surface area contributed by atoms with Gasteiger partial charge >= 0.3 is 0 Å². The van der Waals surface area contributed by atoms with Crippen LogP contribution >= 0.6 is 0 Å². The molecule has 0 fully saturated rings. The summed E-state index contributed by atoms with van der Waals surface area (Å²) in [6, 6.07) is 1.96. The van der Waals surface area contributed by atoms with E-state index in [4.69, 9.17) is 4.42 Å². The molecule has 2 rings (SSSR count). The summed E-state index contributed by atoms with van der Waals surface area (Å²) < 4.78 is 5.33. The van der Waals surface area contributed by atoms with Gasteiger partial charge in [-0.25, -0.2) is 0 Å². The van der Waals surface area contributed by atoms with Crippen LogP contribution in [0.5, 0.6) is 0 Å². The van der Waals surface area contributed by atoms with E-state index in [0.29, 0.717) is 24.4 Å². The third-order valence-corrected chi connectivity index (χ3v) is 3.06. The average Bonchev–Trinajstić information content (AvgIpc) is 2.84. The molecule has 0 saturated carbocycles. The first-order valence-corrected chi connectivity index (χ1v) is 6.92. The Morgan fingerprint density at radius 2 is 1.86 bits per heavy atom. The van der Waals surface area contributed by atoms with Gasteiger partial charge in [0, 0.05) is 39.8 Å². The topological polar surface area (TPSA) is 70.3 Å². The summed E-state index contributed by atoms with van der Waals surface area (Å²) in [5, 5.41) is 3.13. The summed E-state index contributed by atoms with van der Waals surface area (Å²) in [5.74, 6) is 2.76. The first-order chi connectivity index (χ1) is 10.0. The molecule has 114 valence electrons. The fourth-order valence-electron chi connectivity index (χ4n) is 1.86. The van der Waals surface area contributed by atoms with Gasteiger partial charge in [-0.3, -0.25) is 0 Å². The number of furan rings is 1. The summed E-state index contributed by atoms with van der Waals surface area (Å²) in [5.41, 5.74) is 1.12. The number of nitrogens with one attached hydrogen (secondary N) is 1. The maximum absolute atomic E-state index is 5.33. The first kappa shape index (κ1) is 15.1. The van der Waals surface area contributed by atoms with E-state index < -0.39 is 0 Å². The lowest BCUT2D eigenvalue weighted by Crippen LogP contribution is -2.23. The minimum Gasteiger partial charge on any atom is -0.469 e. The fraction of sp³-hybridized carbons (Fsp3) is 0.500. The lowest BCUT2D eigenvalue weighted by atomic mass is 10.2. The van der Waals surface area contributed by atoms with Crippen LogP contribution in [0.1, 0.15) is 18.2 Å². The Hall–Kier alpha value is -2.31. The van der Waals surface area contributed by atoms with Crippen LogP contribution in [-0.4, -0.2) is 42.6 Å². The number of anilines is 3. The van der Waals surface area contributed by atoms with Crippen molar-refractivity contribution >= 4 is 17.8 Å². The minimum atomic E-state index is 0.585. The zero-order valence-corrected chi connectivity index (χ0v) is 13.2. The Kier molecular flexibility index (Phi) is 4.62. The van der Waals surface area contributed by atoms with Crippen LogP contribution < -0.4 is 15.1 Å². The molecule has 0 amide bonds. The number of hydrogen-bond donors (Lipinski definition) is 1. The Bertz CT molecular complexity index is 595. The van der Waals surface area contributed by atoms with Gasteiger partial charge in [-0.05, 0) is 19.9 Å². The summed E-state index contributed by atoms with van der Waals surface area (Å²) in [4.78, 5) is 17.1. The van der Waals surface area contributed by atoms with Crippen molar-refractivity contribution in [3.8, 4) is 0 Å². The van der Waals surface area contributed by atoms with Crippen LogP contribution in [0.15, 0.2) is 16.7 Å². The molecule has 0 atom stereocenters. The molecular formula is C14H22N6O. The van der Waals surface area contributed by atoms with E-state index in [2.05, 4.69) is 20.3 Å². The predicted molar refractivity (Wildman–Crippen MR) is 83.9 cm³/mol. The van der Waals surface area contributed by atoms with Crippen LogP contribution in [0, 0.1) is 6.92 Å². The monoisotopic (exact) mass is 290 g/mol. The van der Waals surface area contributed by atoms with Crippen LogP contribution in [-0.2, 0) is 6.54 Å². The maximum atomic E-state index is 5.33. The molecule has 2 aromatic rings. The maximum Gasteiger partial charge on any atom is 0.232 e. The van der Waals surface area contributed by atoms with E-state index in [9.17, 15) is 0 Å². The molecule has 7 heteroatoms. The molecule has 0 spiro atoms. The average molecular weight is 290 g/mol. The third-order valence-electron chi connectivity index (χ3n) is 3.06. The summed E-state index contributed by atoms with van der Waals surface area (Å²) in [6.45, 7) is 5.41. The van der Waals surface area contributed by atoms with Crippen molar-refractivity contribution in [1.29, 1.82) is 0 Å².